The number of cyclic esters (lactones) is 1. The fourth-order valence-electron chi connectivity index (χ4n) is 2.80. The second-order valence-electron chi connectivity index (χ2n) is 5.83. The summed E-state index contributed by atoms with van der Waals surface area (Å²) in [6, 6.07) is 18.2. The Hall–Kier alpha value is -3.34. The predicted octanol–water partition coefficient (Wildman–Crippen LogP) is 3.74. The lowest BCUT2D eigenvalue weighted by molar-refractivity contribution is -0.142. The van der Waals surface area contributed by atoms with E-state index in [9.17, 15) is 14.7 Å². The fourth-order valence-corrected chi connectivity index (χ4v) is 2.80. The highest BCUT2D eigenvalue weighted by atomic mass is 16.6. The van der Waals surface area contributed by atoms with Crippen LogP contribution in [0, 0.1) is 0 Å². The van der Waals surface area contributed by atoms with Crippen LogP contribution in [0.1, 0.15) is 23.5 Å². The monoisotopic (exact) mass is 350 g/mol. The number of carbonyl (C=O) groups is 2. The molecule has 132 valence electrons. The number of aliphatic hydroxyl groups excluding tert-OH is 1. The predicted molar refractivity (Wildman–Crippen MR) is 96.0 cm³/mol. The number of hydrogen-bond acceptors (Lipinski definition) is 5. The van der Waals surface area contributed by atoms with Crippen LogP contribution in [0.4, 0.5) is 0 Å². The molecule has 0 radical (unpaired) electrons. The highest BCUT2D eigenvalue weighted by molar-refractivity contribution is 5.96. The molecule has 5 nitrogen and oxygen atoms in total. The molecule has 2 aromatic rings. The van der Waals surface area contributed by atoms with Crippen molar-refractivity contribution in [2.24, 2.45) is 0 Å². The molecule has 0 saturated heterocycles. The minimum atomic E-state index is -0.707. The van der Waals surface area contributed by atoms with E-state index in [4.69, 9.17) is 9.47 Å². The molecule has 2 aromatic carbocycles. The third-order valence-electron chi connectivity index (χ3n) is 4.16. The second kappa shape index (κ2) is 7.70. The summed E-state index contributed by atoms with van der Waals surface area (Å²) in [5.41, 5.74) is 1.55. The maximum Gasteiger partial charge on any atom is 0.343 e. The van der Waals surface area contributed by atoms with E-state index in [1.807, 2.05) is 36.4 Å². The third kappa shape index (κ3) is 3.67. The Kier molecular flexibility index (Phi) is 5.17. The molecule has 1 N–H and O–H groups in total. The van der Waals surface area contributed by atoms with Crippen LogP contribution in [0.25, 0.3) is 6.08 Å². The zero-order valence-electron chi connectivity index (χ0n) is 14.2. The molecular formula is C21H18O5. The summed E-state index contributed by atoms with van der Waals surface area (Å²) in [4.78, 5) is 24.4. The van der Waals surface area contributed by atoms with Gasteiger partial charge < -0.3 is 14.6 Å². The minimum Gasteiger partial charge on any atom is -0.504 e. The number of esters is 2. The summed E-state index contributed by atoms with van der Waals surface area (Å²) >= 11 is 0. The molecule has 1 atom stereocenters. The van der Waals surface area contributed by atoms with Crippen LogP contribution in [0.3, 0.4) is 0 Å². The molecule has 3 rings (SSSR count). The Balaban J connectivity index is 1.92. The van der Waals surface area contributed by atoms with Gasteiger partial charge in [0, 0.05) is 6.42 Å². The van der Waals surface area contributed by atoms with Crippen LogP contribution >= 0.6 is 0 Å². The molecule has 0 saturated carbocycles. The average molecular weight is 350 g/mol. The largest absolute Gasteiger partial charge is 0.504 e. The Morgan fingerprint density at radius 3 is 2.35 bits per heavy atom. The van der Waals surface area contributed by atoms with Gasteiger partial charge in [0.1, 0.15) is 0 Å². The fraction of sp³-hybridized carbons (Fsp3) is 0.143. The Morgan fingerprint density at radius 2 is 1.73 bits per heavy atom. The van der Waals surface area contributed by atoms with Crippen molar-refractivity contribution in [3.8, 4) is 0 Å². The van der Waals surface area contributed by atoms with Crippen LogP contribution in [0.5, 0.6) is 0 Å². The third-order valence-corrected chi connectivity index (χ3v) is 4.16. The summed E-state index contributed by atoms with van der Waals surface area (Å²) in [5, 5.41) is 10.4. The maximum atomic E-state index is 12.2. The summed E-state index contributed by atoms with van der Waals surface area (Å²) < 4.78 is 10.0. The standard InChI is InChI=1S/C21H18O5/c1-25-20(23)16(15-10-6-3-7-11-15)13-17-19(22)18(26-21(17)24)12-14-8-4-2-5-9-14/h2-12,16,22H,13H2,1H3/b18-12-/t16-/m0/s1. The molecule has 0 bridgehead atoms. The first-order valence-corrected chi connectivity index (χ1v) is 8.14. The van der Waals surface area contributed by atoms with E-state index >= 15 is 0 Å². The van der Waals surface area contributed by atoms with Crippen molar-refractivity contribution in [1.29, 1.82) is 0 Å². The van der Waals surface area contributed by atoms with E-state index in [0.717, 1.165) is 5.56 Å². The zero-order chi connectivity index (χ0) is 18.5. The summed E-state index contributed by atoms with van der Waals surface area (Å²) in [6.07, 6.45) is 1.57. The summed E-state index contributed by atoms with van der Waals surface area (Å²) in [5.74, 6) is -2.02. The van der Waals surface area contributed by atoms with Crippen molar-refractivity contribution in [2.45, 2.75) is 12.3 Å². The van der Waals surface area contributed by atoms with E-state index in [-0.39, 0.29) is 23.5 Å². The number of aliphatic hydroxyl groups is 1. The Labute approximate surface area is 151 Å². The van der Waals surface area contributed by atoms with Crippen molar-refractivity contribution in [1.82, 2.24) is 0 Å². The molecular weight excluding hydrogens is 332 g/mol. The van der Waals surface area contributed by atoms with E-state index in [0.29, 0.717) is 5.56 Å². The molecule has 0 unspecified atom stereocenters. The first-order chi connectivity index (χ1) is 12.6. The molecule has 0 fully saturated rings. The van der Waals surface area contributed by atoms with E-state index in [1.54, 1.807) is 30.3 Å². The van der Waals surface area contributed by atoms with E-state index < -0.39 is 17.9 Å². The normalized spacial score (nSPS) is 16.5. The van der Waals surface area contributed by atoms with Gasteiger partial charge in [-0.2, -0.15) is 0 Å². The first kappa shape index (κ1) is 17.5. The number of hydrogen-bond donors (Lipinski definition) is 1. The van der Waals surface area contributed by atoms with Gasteiger partial charge >= 0.3 is 11.9 Å². The van der Waals surface area contributed by atoms with Crippen LogP contribution in [-0.4, -0.2) is 24.2 Å². The second-order valence-corrected chi connectivity index (χ2v) is 5.83. The van der Waals surface area contributed by atoms with Gasteiger partial charge in [-0.1, -0.05) is 60.7 Å². The maximum absolute atomic E-state index is 12.2. The van der Waals surface area contributed by atoms with E-state index in [2.05, 4.69) is 0 Å². The van der Waals surface area contributed by atoms with Gasteiger partial charge in [0.15, 0.2) is 11.5 Å². The van der Waals surface area contributed by atoms with Gasteiger partial charge in [-0.3, -0.25) is 4.79 Å². The Morgan fingerprint density at radius 1 is 1.12 bits per heavy atom. The lowest BCUT2D eigenvalue weighted by atomic mass is 9.91. The van der Waals surface area contributed by atoms with Gasteiger partial charge in [-0.05, 0) is 17.2 Å². The highest BCUT2D eigenvalue weighted by Gasteiger charge is 2.34. The Bertz CT molecular complexity index is 866. The van der Waals surface area contributed by atoms with Crippen molar-refractivity contribution >= 4 is 18.0 Å². The molecule has 0 spiro atoms. The molecule has 1 aliphatic rings. The van der Waals surface area contributed by atoms with Crippen LogP contribution in [0.2, 0.25) is 0 Å². The number of carbonyl (C=O) groups excluding carboxylic acids is 2. The van der Waals surface area contributed by atoms with Gasteiger partial charge in [-0.25, -0.2) is 4.79 Å². The van der Waals surface area contributed by atoms with E-state index in [1.165, 1.54) is 7.11 Å². The molecule has 5 heteroatoms. The number of rotatable bonds is 5. The minimum absolute atomic E-state index is 0.00647. The summed E-state index contributed by atoms with van der Waals surface area (Å²) in [7, 11) is 1.29. The molecule has 0 amide bonds. The SMILES string of the molecule is COC(=O)[C@@H](CC1=C(O)/C(=C/c2ccccc2)OC1=O)c1ccccc1. The molecule has 1 heterocycles. The zero-order valence-corrected chi connectivity index (χ0v) is 14.2. The topological polar surface area (TPSA) is 72.8 Å². The number of ether oxygens (including phenoxy) is 2. The summed E-state index contributed by atoms with van der Waals surface area (Å²) in [6.45, 7) is 0. The lowest BCUT2D eigenvalue weighted by Gasteiger charge is -2.14. The van der Waals surface area contributed by atoms with Gasteiger partial charge in [0.25, 0.3) is 0 Å². The van der Waals surface area contributed by atoms with Crippen molar-refractivity contribution in [3.05, 3.63) is 88.9 Å². The number of benzene rings is 2. The molecule has 1 aliphatic heterocycles. The lowest BCUT2D eigenvalue weighted by Crippen LogP contribution is -2.17. The molecule has 0 aliphatic carbocycles. The first-order valence-electron chi connectivity index (χ1n) is 8.14. The van der Waals surface area contributed by atoms with Gasteiger partial charge in [0.05, 0.1) is 18.6 Å². The van der Waals surface area contributed by atoms with Gasteiger partial charge in [0.2, 0.25) is 0 Å². The highest BCUT2D eigenvalue weighted by Crippen LogP contribution is 2.33. The molecule has 26 heavy (non-hydrogen) atoms. The smallest absolute Gasteiger partial charge is 0.343 e. The van der Waals surface area contributed by atoms with Crippen LogP contribution in [0.15, 0.2) is 77.8 Å². The van der Waals surface area contributed by atoms with Crippen LogP contribution in [-0.2, 0) is 19.1 Å². The molecule has 0 aromatic heterocycles. The van der Waals surface area contributed by atoms with Crippen molar-refractivity contribution < 1.29 is 24.2 Å². The van der Waals surface area contributed by atoms with Crippen molar-refractivity contribution in [3.63, 3.8) is 0 Å². The van der Waals surface area contributed by atoms with Crippen molar-refractivity contribution in [2.75, 3.05) is 7.11 Å². The quantitative estimate of drug-likeness (QED) is 0.832. The van der Waals surface area contributed by atoms with Gasteiger partial charge in [-0.15, -0.1) is 0 Å². The van der Waals surface area contributed by atoms with Crippen LogP contribution < -0.4 is 0 Å². The number of methoxy groups -OCH3 is 1. The average Bonchev–Trinajstić information content (AvgIpc) is 2.94.